The van der Waals surface area contributed by atoms with Gasteiger partial charge in [-0.2, -0.15) is 0 Å². The number of rotatable bonds is 3. The van der Waals surface area contributed by atoms with E-state index >= 15 is 0 Å². The van der Waals surface area contributed by atoms with Gasteiger partial charge in [0.2, 0.25) is 0 Å². The molecule has 0 spiro atoms. The molecule has 0 bridgehead atoms. The van der Waals surface area contributed by atoms with Gasteiger partial charge in [0.25, 0.3) is 11.8 Å². The quantitative estimate of drug-likeness (QED) is 0.391. The molecular formula is C12H9BrN2O2S2. The van der Waals surface area contributed by atoms with Crippen LogP contribution >= 0.6 is 39.5 Å². The molecule has 1 aromatic heterocycles. The van der Waals surface area contributed by atoms with Crippen molar-refractivity contribution in [3.8, 4) is 0 Å². The molecule has 1 saturated heterocycles. The zero-order chi connectivity index (χ0) is 14.0. The van der Waals surface area contributed by atoms with Gasteiger partial charge in [-0.05, 0) is 40.3 Å². The molecule has 98 valence electrons. The maximum absolute atomic E-state index is 12.2. The van der Waals surface area contributed by atoms with Crippen LogP contribution < -0.4 is 5.32 Å². The van der Waals surface area contributed by atoms with E-state index in [4.69, 9.17) is 12.2 Å². The number of thiocarbonyl (C=S) groups is 1. The van der Waals surface area contributed by atoms with Crippen molar-refractivity contribution < 1.29 is 9.59 Å². The first-order valence-corrected chi connectivity index (χ1v) is 7.35. The van der Waals surface area contributed by atoms with Crippen LogP contribution in [0.1, 0.15) is 4.88 Å². The van der Waals surface area contributed by atoms with Crippen LogP contribution in [0, 0.1) is 0 Å². The van der Waals surface area contributed by atoms with Crippen molar-refractivity contribution in [1.82, 2.24) is 10.2 Å². The van der Waals surface area contributed by atoms with Crippen LogP contribution in [0.5, 0.6) is 0 Å². The lowest BCUT2D eigenvalue weighted by Gasteiger charge is -2.27. The molecule has 1 aliphatic rings. The fourth-order valence-electron chi connectivity index (χ4n) is 1.54. The summed E-state index contributed by atoms with van der Waals surface area (Å²) in [4.78, 5) is 26.2. The molecule has 1 N–H and O–H groups in total. The topological polar surface area (TPSA) is 49.4 Å². The molecule has 0 aromatic carbocycles. The van der Waals surface area contributed by atoms with Crippen molar-refractivity contribution in [2.45, 2.75) is 0 Å². The molecule has 2 rings (SSSR count). The summed E-state index contributed by atoms with van der Waals surface area (Å²) in [7, 11) is 0. The molecule has 0 atom stereocenters. The molecule has 2 amide bonds. The summed E-state index contributed by atoms with van der Waals surface area (Å²) in [6, 6.07) is 1.84. The molecule has 1 aromatic rings. The number of hydrogen-bond donors (Lipinski definition) is 1. The first-order chi connectivity index (χ1) is 9.02. The molecule has 4 nitrogen and oxygen atoms in total. The number of amides is 2. The van der Waals surface area contributed by atoms with Gasteiger partial charge in [-0.25, -0.2) is 0 Å². The van der Waals surface area contributed by atoms with Crippen LogP contribution in [0.4, 0.5) is 0 Å². The zero-order valence-corrected chi connectivity index (χ0v) is 12.9. The van der Waals surface area contributed by atoms with E-state index in [1.54, 1.807) is 12.2 Å². The molecule has 0 unspecified atom stereocenters. The first-order valence-electron chi connectivity index (χ1n) is 5.26. The summed E-state index contributed by atoms with van der Waals surface area (Å²) in [5, 5.41) is 4.49. The zero-order valence-electron chi connectivity index (χ0n) is 9.68. The van der Waals surface area contributed by atoms with E-state index in [-0.39, 0.29) is 17.2 Å². The molecule has 1 fully saturated rings. The molecule has 0 radical (unpaired) electrons. The Labute approximate surface area is 127 Å². The third-order valence-electron chi connectivity index (χ3n) is 2.37. The van der Waals surface area contributed by atoms with Crippen molar-refractivity contribution in [1.29, 1.82) is 0 Å². The number of nitrogens with one attached hydrogen (secondary N) is 1. The van der Waals surface area contributed by atoms with Crippen molar-refractivity contribution in [2.24, 2.45) is 0 Å². The van der Waals surface area contributed by atoms with Gasteiger partial charge in [-0.3, -0.25) is 19.8 Å². The van der Waals surface area contributed by atoms with E-state index in [2.05, 4.69) is 27.8 Å². The summed E-state index contributed by atoms with van der Waals surface area (Å²) in [6.45, 7) is 3.83. The second-order valence-electron chi connectivity index (χ2n) is 3.69. The Kier molecular flexibility index (Phi) is 4.28. The fourth-order valence-corrected chi connectivity index (χ4v) is 3.16. The van der Waals surface area contributed by atoms with Gasteiger partial charge in [-0.15, -0.1) is 17.9 Å². The largest absolute Gasteiger partial charge is 0.298 e. The molecule has 1 aliphatic heterocycles. The number of halogens is 1. The van der Waals surface area contributed by atoms with E-state index in [9.17, 15) is 9.59 Å². The summed E-state index contributed by atoms with van der Waals surface area (Å²) in [5.41, 5.74) is 0.0739. The van der Waals surface area contributed by atoms with Gasteiger partial charge in [-0.1, -0.05) is 6.08 Å². The van der Waals surface area contributed by atoms with Crippen LogP contribution in [0.3, 0.4) is 0 Å². The van der Waals surface area contributed by atoms with E-state index < -0.39 is 11.8 Å². The van der Waals surface area contributed by atoms with E-state index in [1.165, 1.54) is 16.2 Å². The Bertz CT molecular complexity index is 607. The smallest absolute Gasteiger partial charge is 0.265 e. The van der Waals surface area contributed by atoms with Crippen molar-refractivity contribution in [3.63, 3.8) is 0 Å². The molecule has 0 saturated carbocycles. The van der Waals surface area contributed by atoms with Crippen LogP contribution in [0.15, 0.2) is 34.1 Å². The van der Waals surface area contributed by atoms with Crippen molar-refractivity contribution in [2.75, 3.05) is 6.54 Å². The predicted molar refractivity (Wildman–Crippen MR) is 82.6 cm³/mol. The van der Waals surface area contributed by atoms with Gasteiger partial charge < -0.3 is 0 Å². The van der Waals surface area contributed by atoms with Gasteiger partial charge in [0.15, 0.2) is 5.11 Å². The van der Waals surface area contributed by atoms with Crippen LogP contribution in [0.2, 0.25) is 0 Å². The van der Waals surface area contributed by atoms with E-state index in [1.807, 2.05) is 11.4 Å². The Hall–Kier alpha value is -1.31. The Morgan fingerprint density at radius 2 is 2.26 bits per heavy atom. The second kappa shape index (κ2) is 5.77. The maximum Gasteiger partial charge on any atom is 0.265 e. The van der Waals surface area contributed by atoms with Gasteiger partial charge >= 0.3 is 0 Å². The normalized spacial score (nSPS) is 17.8. The van der Waals surface area contributed by atoms with Gasteiger partial charge in [0, 0.05) is 21.3 Å². The summed E-state index contributed by atoms with van der Waals surface area (Å²) < 4.78 is 0.909. The summed E-state index contributed by atoms with van der Waals surface area (Å²) >= 11 is 9.72. The third-order valence-corrected chi connectivity index (χ3v) is 4.33. The number of carbonyl (C=O) groups excluding carboxylic acids is 2. The van der Waals surface area contributed by atoms with E-state index in [0.717, 1.165) is 9.35 Å². The number of nitrogens with zero attached hydrogens (tertiary/aromatic N) is 1. The average molecular weight is 357 g/mol. The van der Waals surface area contributed by atoms with Crippen molar-refractivity contribution >= 4 is 62.5 Å². The SMILES string of the molecule is C=CCN1C(=O)C(=Cc2cc(Br)cs2)C(=O)NC1=S. The van der Waals surface area contributed by atoms with Crippen LogP contribution in [-0.2, 0) is 9.59 Å². The lowest BCUT2D eigenvalue weighted by Crippen LogP contribution is -2.53. The average Bonchev–Trinajstić information content (AvgIpc) is 2.76. The van der Waals surface area contributed by atoms with Gasteiger partial charge in [0.1, 0.15) is 5.57 Å². The molecule has 0 aliphatic carbocycles. The highest BCUT2D eigenvalue weighted by Crippen LogP contribution is 2.23. The van der Waals surface area contributed by atoms with E-state index in [0.29, 0.717) is 0 Å². The fraction of sp³-hybridized carbons (Fsp3) is 0.0833. The highest BCUT2D eigenvalue weighted by molar-refractivity contribution is 9.10. The number of carbonyl (C=O) groups is 2. The van der Waals surface area contributed by atoms with Gasteiger partial charge in [0.05, 0.1) is 0 Å². The number of thiophene rings is 1. The Balaban J connectivity index is 2.35. The van der Waals surface area contributed by atoms with Crippen LogP contribution in [-0.4, -0.2) is 28.4 Å². The first kappa shape index (κ1) is 14.1. The standard InChI is InChI=1S/C12H9BrN2O2S2/c1-2-3-15-11(17)9(10(16)14-12(15)18)5-8-4-7(13)6-19-8/h2,4-6H,1,3H2,(H,14,16,18). The highest BCUT2D eigenvalue weighted by atomic mass is 79.9. The Morgan fingerprint density at radius 1 is 1.53 bits per heavy atom. The lowest BCUT2D eigenvalue weighted by molar-refractivity contribution is -0.128. The van der Waals surface area contributed by atoms with Crippen molar-refractivity contribution in [3.05, 3.63) is 39.0 Å². The predicted octanol–water partition coefficient (Wildman–Crippen LogP) is 2.32. The van der Waals surface area contributed by atoms with Crippen LogP contribution in [0.25, 0.3) is 6.08 Å². The minimum atomic E-state index is -0.472. The Morgan fingerprint density at radius 3 is 2.84 bits per heavy atom. The molecule has 7 heteroatoms. The summed E-state index contributed by atoms with van der Waals surface area (Å²) in [5.74, 6) is -0.877. The molecule has 2 heterocycles. The minimum absolute atomic E-state index is 0.0739. The summed E-state index contributed by atoms with van der Waals surface area (Å²) in [6.07, 6.45) is 3.12. The molecule has 19 heavy (non-hydrogen) atoms. The third kappa shape index (κ3) is 2.99. The second-order valence-corrected chi connectivity index (χ2v) is 5.93. The highest BCUT2D eigenvalue weighted by Gasteiger charge is 2.32. The monoisotopic (exact) mass is 356 g/mol. The maximum atomic E-state index is 12.2. The molecular weight excluding hydrogens is 348 g/mol. The minimum Gasteiger partial charge on any atom is -0.298 e. The lowest BCUT2D eigenvalue weighted by atomic mass is 10.1. The number of hydrogen-bond acceptors (Lipinski definition) is 4.